The molecule has 2 saturated heterocycles. The Morgan fingerprint density at radius 3 is 2.33 bits per heavy atom. The number of rotatable bonds is 5. The van der Waals surface area contributed by atoms with Crippen LogP contribution in [0.4, 0.5) is 5.82 Å². The first kappa shape index (κ1) is 21.7. The second-order valence-corrected chi connectivity index (χ2v) is 9.19. The third-order valence-corrected chi connectivity index (χ3v) is 6.97. The molecule has 1 N–H and O–H groups in total. The zero-order chi connectivity index (χ0) is 22.5. The lowest BCUT2D eigenvalue weighted by atomic mass is 9.90. The van der Waals surface area contributed by atoms with E-state index in [-0.39, 0.29) is 5.91 Å². The third kappa shape index (κ3) is 5.25. The first-order valence-electron chi connectivity index (χ1n) is 12.1. The number of hydrogen-bond acceptors (Lipinski definition) is 4. The standard InChI is InChI=1S/C28H32N4O/c33-28(31-16-13-23(14-17-31)19-22-7-3-1-4-8-22)25-11-12-27(30-20-25)32-18-15-29-26(21-32)24-9-5-2-6-10-24/h1-12,20,23,26,29H,13-19,21H2. The number of benzene rings is 2. The van der Waals surface area contributed by atoms with Gasteiger partial charge in [-0.2, -0.15) is 0 Å². The van der Waals surface area contributed by atoms with Gasteiger partial charge in [0, 0.05) is 45.0 Å². The van der Waals surface area contributed by atoms with E-state index in [0.717, 1.165) is 57.8 Å². The lowest BCUT2D eigenvalue weighted by molar-refractivity contribution is 0.0690. The molecule has 5 rings (SSSR count). The van der Waals surface area contributed by atoms with Gasteiger partial charge in [-0.1, -0.05) is 60.7 Å². The van der Waals surface area contributed by atoms with Crippen molar-refractivity contribution in [3.05, 3.63) is 95.7 Å². The zero-order valence-corrected chi connectivity index (χ0v) is 19.1. The molecule has 1 atom stereocenters. The first-order chi connectivity index (χ1) is 16.3. The van der Waals surface area contributed by atoms with Gasteiger partial charge in [0.1, 0.15) is 5.82 Å². The molecule has 0 radical (unpaired) electrons. The molecule has 1 aromatic heterocycles. The Hall–Kier alpha value is -3.18. The number of hydrogen-bond donors (Lipinski definition) is 1. The van der Waals surface area contributed by atoms with E-state index in [1.165, 1.54) is 11.1 Å². The quantitative estimate of drug-likeness (QED) is 0.642. The fourth-order valence-corrected chi connectivity index (χ4v) is 5.04. The van der Waals surface area contributed by atoms with Crippen molar-refractivity contribution in [1.29, 1.82) is 0 Å². The largest absolute Gasteiger partial charge is 0.353 e. The Morgan fingerprint density at radius 1 is 0.909 bits per heavy atom. The lowest BCUT2D eigenvalue weighted by Gasteiger charge is -2.35. The second-order valence-electron chi connectivity index (χ2n) is 9.19. The summed E-state index contributed by atoms with van der Waals surface area (Å²) in [7, 11) is 0. The van der Waals surface area contributed by atoms with Gasteiger partial charge in [0.25, 0.3) is 5.91 Å². The number of likely N-dealkylation sites (tertiary alicyclic amines) is 1. The predicted octanol–water partition coefficient (Wildman–Crippen LogP) is 4.33. The summed E-state index contributed by atoms with van der Waals surface area (Å²) >= 11 is 0. The molecule has 0 bridgehead atoms. The summed E-state index contributed by atoms with van der Waals surface area (Å²) in [6.07, 6.45) is 4.99. The van der Waals surface area contributed by atoms with Crippen LogP contribution in [-0.2, 0) is 6.42 Å². The van der Waals surface area contributed by atoms with Gasteiger partial charge in [0.2, 0.25) is 0 Å². The molecule has 3 aromatic rings. The minimum atomic E-state index is 0.106. The van der Waals surface area contributed by atoms with Gasteiger partial charge in [-0.15, -0.1) is 0 Å². The zero-order valence-electron chi connectivity index (χ0n) is 19.1. The SMILES string of the molecule is O=C(c1ccc(N2CCNC(c3ccccc3)C2)nc1)N1CCC(Cc2ccccc2)CC1. The van der Waals surface area contributed by atoms with Crippen LogP contribution in [0.3, 0.4) is 0 Å². The molecule has 2 aliphatic heterocycles. The average Bonchev–Trinajstić information content (AvgIpc) is 2.90. The normalized spacial score (nSPS) is 19.5. The van der Waals surface area contributed by atoms with Crippen molar-refractivity contribution in [3.8, 4) is 0 Å². The number of carbonyl (C=O) groups excluding carboxylic acids is 1. The van der Waals surface area contributed by atoms with E-state index in [1.54, 1.807) is 6.20 Å². The Morgan fingerprint density at radius 2 is 1.64 bits per heavy atom. The lowest BCUT2D eigenvalue weighted by Crippen LogP contribution is -2.46. The second kappa shape index (κ2) is 10.2. The highest BCUT2D eigenvalue weighted by Crippen LogP contribution is 2.24. The van der Waals surface area contributed by atoms with Crippen LogP contribution in [0.2, 0.25) is 0 Å². The number of anilines is 1. The van der Waals surface area contributed by atoms with Crippen molar-refractivity contribution in [2.45, 2.75) is 25.3 Å². The van der Waals surface area contributed by atoms with Gasteiger partial charge in [-0.05, 0) is 48.4 Å². The first-order valence-corrected chi connectivity index (χ1v) is 12.1. The maximum Gasteiger partial charge on any atom is 0.255 e. The summed E-state index contributed by atoms with van der Waals surface area (Å²) in [6.45, 7) is 4.36. The van der Waals surface area contributed by atoms with Crippen molar-refractivity contribution in [3.63, 3.8) is 0 Å². The molecular formula is C28H32N4O. The van der Waals surface area contributed by atoms with E-state index in [9.17, 15) is 4.79 Å². The fraction of sp³-hybridized carbons (Fsp3) is 0.357. The van der Waals surface area contributed by atoms with E-state index in [0.29, 0.717) is 17.5 Å². The Balaban J connectivity index is 1.16. The molecule has 1 unspecified atom stereocenters. The van der Waals surface area contributed by atoms with Gasteiger partial charge >= 0.3 is 0 Å². The average molecular weight is 441 g/mol. The van der Waals surface area contributed by atoms with E-state index in [4.69, 9.17) is 0 Å². The number of piperidine rings is 1. The Kier molecular flexibility index (Phi) is 6.68. The molecular weight excluding hydrogens is 408 g/mol. The molecule has 5 nitrogen and oxygen atoms in total. The summed E-state index contributed by atoms with van der Waals surface area (Å²) in [5.74, 6) is 1.70. The van der Waals surface area contributed by atoms with E-state index < -0.39 is 0 Å². The van der Waals surface area contributed by atoms with Crippen LogP contribution in [0, 0.1) is 5.92 Å². The van der Waals surface area contributed by atoms with Gasteiger partial charge in [-0.3, -0.25) is 4.79 Å². The van der Waals surface area contributed by atoms with Crippen molar-refractivity contribution >= 4 is 11.7 Å². The summed E-state index contributed by atoms with van der Waals surface area (Å²) in [5, 5.41) is 3.60. The van der Waals surface area contributed by atoms with E-state index in [1.807, 2.05) is 23.1 Å². The molecule has 2 aliphatic rings. The minimum absolute atomic E-state index is 0.106. The molecule has 0 spiro atoms. The minimum Gasteiger partial charge on any atom is -0.353 e. The number of pyridine rings is 1. The smallest absolute Gasteiger partial charge is 0.255 e. The van der Waals surface area contributed by atoms with Crippen LogP contribution in [0.25, 0.3) is 0 Å². The highest BCUT2D eigenvalue weighted by atomic mass is 16.2. The van der Waals surface area contributed by atoms with Crippen LogP contribution in [0.15, 0.2) is 79.0 Å². The number of nitrogens with one attached hydrogen (secondary N) is 1. The number of piperazine rings is 1. The van der Waals surface area contributed by atoms with E-state index in [2.05, 4.69) is 69.8 Å². The molecule has 0 aliphatic carbocycles. The maximum atomic E-state index is 13.1. The molecule has 2 fully saturated rings. The monoisotopic (exact) mass is 440 g/mol. The molecule has 170 valence electrons. The van der Waals surface area contributed by atoms with Gasteiger partial charge in [0.15, 0.2) is 0 Å². The fourth-order valence-electron chi connectivity index (χ4n) is 5.04. The number of aromatic nitrogens is 1. The van der Waals surface area contributed by atoms with Crippen LogP contribution < -0.4 is 10.2 Å². The van der Waals surface area contributed by atoms with Crippen LogP contribution in [0.1, 0.15) is 40.4 Å². The van der Waals surface area contributed by atoms with Crippen molar-refractivity contribution < 1.29 is 4.79 Å². The highest BCUT2D eigenvalue weighted by molar-refractivity contribution is 5.94. The summed E-state index contributed by atoms with van der Waals surface area (Å²) in [4.78, 5) is 22.0. The number of amides is 1. The highest BCUT2D eigenvalue weighted by Gasteiger charge is 2.25. The van der Waals surface area contributed by atoms with Crippen LogP contribution in [0.5, 0.6) is 0 Å². The van der Waals surface area contributed by atoms with Crippen LogP contribution >= 0.6 is 0 Å². The van der Waals surface area contributed by atoms with Crippen molar-refractivity contribution in [2.24, 2.45) is 5.92 Å². The summed E-state index contributed by atoms with van der Waals surface area (Å²) in [5.41, 5.74) is 3.38. The molecule has 2 aromatic carbocycles. The Bertz CT molecular complexity index is 1030. The maximum absolute atomic E-state index is 13.1. The molecule has 3 heterocycles. The van der Waals surface area contributed by atoms with Gasteiger partial charge in [0.05, 0.1) is 5.56 Å². The molecule has 33 heavy (non-hydrogen) atoms. The van der Waals surface area contributed by atoms with Crippen molar-refractivity contribution in [2.75, 3.05) is 37.6 Å². The topological polar surface area (TPSA) is 48.5 Å². The Labute approximate surface area is 196 Å². The predicted molar refractivity (Wildman–Crippen MR) is 132 cm³/mol. The molecule has 0 saturated carbocycles. The molecule has 5 heteroatoms. The summed E-state index contributed by atoms with van der Waals surface area (Å²) in [6, 6.07) is 25.5. The number of nitrogens with zero attached hydrogens (tertiary/aromatic N) is 3. The number of carbonyl (C=O) groups is 1. The molecule has 1 amide bonds. The van der Waals surface area contributed by atoms with Crippen molar-refractivity contribution in [1.82, 2.24) is 15.2 Å². The third-order valence-electron chi connectivity index (χ3n) is 6.97. The van der Waals surface area contributed by atoms with Crippen LogP contribution in [-0.4, -0.2) is 48.5 Å². The van der Waals surface area contributed by atoms with E-state index >= 15 is 0 Å². The van der Waals surface area contributed by atoms with Gasteiger partial charge < -0.3 is 15.1 Å². The van der Waals surface area contributed by atoms with Gasteiger partial charge in [-0.25, -0.2) is 4.98 Å². The summed E-state index contributed by atoms with van der Waals surface area (Å²) < 4.78 is 0.